The van der Waals surface area contributed by atoms with Gasteiger partial charge in [-0.2, -0.15) is 0 Å². The average Bonchev–Trinajstić information content (AvgIpc) is 2.98. The summed E-state index contributed by atoms with van der Waals surface area (Å²) in [5.41, 5.74) is 0.513. The predicted molar refractivity (Wildman–Crippen MR) is 85.4 cm³/mol. The highest BCUT2D eigenvalue weighted by atomic mass is 31.2. The normalized spacial score (nSPS) is 35.8. The van der Waals surface area contributed by atoms with Crippen molar-refractivity contribution in [2.45, 2.75) is 38.0 Å². The summed E-state index contributed by atoms with van der Waals surface area (Å²) < 4.78 is 29.1. The van der Waals surface area contributed by atoms with E-state index in [-0.39, 0.29) is 26.1 Å². The Morgan fingerprint density at radius 3 is 2.81 bits per heavy atom. The molecule has 3 aliphatic heterocycles. The molecule has 0 aromatic heterocycles. The Morgan fingerprint density at radius 1 is 1.42 bits per heavy atom. The molecule has 3 heterocycles. The van der Waals surface area contributed by atoms with Crippen LogP contribution in [0.4, 0.5) is 4.79 Å². The van der Waals surface area contributed by atoms with Crippen LogP contribution in [-0.2, 0) is 18.6 Å². The van der Waals surface area contributed by atoms with E-state index in [1.54, 1.807) is 6.92 Å². The summed E-state index contributed by atoms with van der Waals surface area (Å²) in [6.07, 6.45) is -2.19. The highest BCUT2D eigenvalue weighted by Gasteiger charge is 2.41. The number of nitrogens with zero attached hydrogens (tertiary/aromatic N) is 2. The van der Waals surface area contributed by atoms with E-state index >= 15 is 0 Å². The lowest BCUT2D eigenvalue weighted by atomic mass is 10.2. The number of aliphatic hydroxyl groups is 2. The van der Waals surface area contributed by atoms with Crippen molar-refractivity contribution in [3.8, 4) is 0 Å². The van der Waals surface area contributed by atoms with Crippen LogP contribution in [0.5, 0.6) is 0 Å². The van der Waals surface area contributed by atoms with E-state index in [9.17, 15) is 24.5 Å². The summed E-state index contributed by atoms with van der Waals surface area (Å²) in [6, 6.07) is -0.565. The predicted octanol–water partition coefficient (Wildman–Crippen LogP) is -1.47. The monoisotopic (exact) mass is 392 g/mol. The Hall–Kier alpha value is -1.04. The van der Waals surface area contributed by atoms with Crippen LogP contribution in [-0.4, -0.2) is 83.4 Å². The standard InChI is InChI=1S/C14H24N3O8P/c1-9-7-17(14(20)15-13(9)19)12-6-10(18)11(25-12)8-24-26(21,22)16-2-4-23-5-3-16/h7,10-13,18-19H,2-6,8H2,1H3,(H,15,20)(H,21,22)/p-1/t10?,11-,12-,13+/m1/s1. The summed E-state index contributed by atoms with van der Waals surface area (Å²) in [5.74, 6) is 0. The van der Waals surface area contributed by atoms with Gasteiger partial charge in [-0.3, -0.25) is 9.46 Å². The third-order valence-corrected chi connectivity index (χ3v) is 6.09. The summed E-state index contributed by atoms with van der Waals surface area (Å²) >= 11 is 0. The quantitative estimate of drug-likeness (QED) is 0.478. The fraction of sp³-hybridized carbons (Fsp3) is 0.786. The molecule has 148 valence electrons. The Balaban J connectivity index is 1.57. The molecule has 26 heavy (non-hydrogen) atoms. The van der Waals surface area contributed by atoms with Gasteiger partial charge in [-0.25, -0.2) is 9.46 Å². The number of urea groups is 1. The number of rotatable bonds is 5. The molecule has 0 bridgehead atoms. The minimum absolute atomic E-state index is 0.0992. The number of carbonyl (C=O) groups excluding carboxylic acids is 1. The summed E-state index contributed by atoms with van der Waals surface area (Å²) in [7, 11) is -4.25. The van der Waals surface area contributed by atoms with Crippen LogP contribution in [0.15, 0.2) is 11.8 Å². The topological polar surface area (TPSA) is 144 Å². The number of morpholine rings is 1. The number of amides is 2. The zero-order chi connectivity index (χ0) is 18.9. The molecule has 2 amide bonds. The maximum Gasteiger partial charge on any atom is 0.325 e. The SMILES string of the molecule is CC1=CN([C@H]2CC(O)[C@@H](COP(=O)([O-])N3CCOCC3)O2)C(=O)N[C@H]1O. The lowest BCUT2D eigenvalue weighted by Crippen LogP contribution is -2.51. The Kier molecular flexibility index (Phi) is 6.00. The van der Waals surface area contributed by atoms with Crippen molar-refractivity contribution in [2.75, 3.05) is 32.9 Å². The van der Waals surface area contributed by atoms with Gasteiger partial charge < -0.3 is 34.4 Å². The molecule has 2 fully saturated rings. The van der Waals surface area contributed by atoms with Gasteiger partial charge in [0.1, 0.15) is 12.3 Å². The maximum absolute atomic E-state index is 12.2. The molecule has 12 heteroatoms. The van der Waals surface area contributed by atoms with Gasteiger partial charge in [0.05, 0.1) is 25.9 Å². The van der Waals surface area contributed by atoms with Gasteiger partial charge in [0.25, 0.3) is 0 Å². The fourth-order valence-electron chi connectivity index (χ4n) is 2.95. The van der Waals surface area contributed by atoms with Crippen molar-refractivity contribution in [1.82, 2.24) is 14.9 Å². The fourth-order valence-corrected chi connectivity index (χ4v) is 4.10. The van der Waals surface area contributed by atoms with E-state index < -0.39 is 38.4 Å². The first kappa shape index (κ1) is 19.7. The Labute approximate surface area is 150 Å². The average molecular weight is 392 g/mol. The molecule has 2 unspecified atom stereocenters. The van der Waals surface area contributed by atoms with Crippen LogP contribution in [0.25, 0.3) is 0 Å². The number of carbonyl (C=O) groups is 1. The highest BCUT2D eigenvalue weighted by Crippen LogP contribution is 2.43. The van der Waals surface area contributed by atoms with Crippen LogP contribution in [0.3, 0.4) is 0 Å². The van der Waals surface area contributed by atoms with E-state index in [1.165, 1.54) is 15.8 Å². The largest absolute Gasteiger partial charge is 0.766 e. The molecule has 0 aromatic rings. The van der Waals surface area contributed by atoms with Gasteiger partial charge in [0, 0.05) is 25.7 Å². The molecule has 3 aliphatic rings. The minimum atomic E-state index is -4.25. The third-order valence-electron chi connectivity index (χ3n) is 4.52. The molecule has 0 radical (unpaired) electrons. The molecule has 3 N–H and O–H groups in total. The lowest BCUT2D eigenvalue weighted by Gasteiger charge is -2.38. The van der Waals surface area contributed by atoms with E-state index in [1.807, 2.05) is 0 Å². The van der Waals surface area contributed by atoms with Crippen LogP contribution in [0.2, 0.25) is 0 Å². The summed E-state index contributed by atoms with van der Waals surface area (Å²) in [4.78, 5) is 25.4. The third kappa shape index (κ3) is 4.26. The van der Waals surface area contributed by atoms with Gasteiger partial charge >= 0.3 is 6.03 Å². The Morgan fingerprint density at radius 2 is 2.12 bits per heavy atom. The van der Waals surface area contributed by atoms with E-state index in [2.05, 4.69) is 5.32 Å². The van der Waals surface area contributed by atoms with Crippen LogP contribution < -0.4 is 10.2 Å². The number of nitrogens with one attached hydrogen (secondary N) is 1. The van der Waals surface area contributed by atoms with E-state index in [4.69, 9.17) is 14.0 Å². The molecule has 0 aliphatic carbocycles. The number of hydrogen-bond donors (Lipinski definition) is 3. The van der Waals surface area contributed by atoms with Gasteiger partial charge in [-0.15, -0.1) is 0 Å². The molecule has 2 saturated heterocycles. The molecular weight excluding hydrogens is 369 g/mol. The van der Waals surface area contributed by atoms with Crippen molar-refractivity contribution in [3.63, 3.8) is 0 Å². The summed E-state index contributed by atoms with van der Waals surface area (Å²) in [6.45, 7) is 2.34. The van der Waals surface area contributed by atoms with Crippen molar-refractivity contribution >= 4 is 13.8 Å². The van der Waals surface area contributed by atoms with Crippen LogP contribution in [0, 0.1) is 0 Å². The number of hydrogen-bond acceptors (Lipinski definition) is 8. The van der Waals surface area contributed by atoms with Crippen LogP contribution >= 0.6 is 7.75 Å². The van der Waals surface area contributed by atoms with Crippen molar-refractivity contribution in [3.05, 3.63) is 11.8 Å². The first-order valence-corrected chi connectivity index (χ1v) is 9.85. The van der Waals surface area contributed by atoms with Crippen molar-refractivity contribution < 1.29 is 38.5 Å². The second kappa shape index (κ2) is 7.91. The molecule has 3 rings (SSSR count). The molecule has 0 aromatic carbocycles. The molecule has 0 saturated carbocycles. The molecule has 11 nitrogen and oxygen atoms in total. The van der Waals surface area contributed by atoms with E-state index in [0.717, 1.165) is 0 Å². The second-order valence-electron chi connectivity index (χ2n) is 6.40. The van der Waals surface area contributed by atoms with Crippen LogP contribution in [0.1, 0.15) is 13.3 Å². The highest BCUT2D eigenvalue weighted by molar-refractivity contribution is 7.48. The van der Waals surface area contributed by atoms with Gasteiger partial charge in [0.2, 0.25) is 7.75 Å². The van der Waals surface area contributed by atoms with Gasteiger partial charge in [-0.05, 0) is 12.5 Å². The lowest BCUT2D eigenvalue weighted by molar-refractivity contribution is -0.218. The smallest absolute Gasteiger partial charge is 0.325 e. The first-order chi connectivity index (χ1) is 12.3. The minimum Gasteiger partial charge on any atom is -0.766 e. The van der Waals surface area contributed by atoms with Gasteiger partial charge in [-0.1, -0.05) is 0 Å². The van der Waals surface area contributed by atoms with Gasteiger partial charge in [0.15, 0.2) is 6.23 Å². The van der Waals surface area contributed by atoms with E-state index in [0.29, 0.717) is 18.8 Å². The second-order valence-corrected chi connectivity index (χ2v) is 8.16. The van der Waals surface area contributed by atoms with Crippen molar-refractivity contribution in [2.24, 2.45) is 0 Å². The summed E-state index contributed by atoms with van der Waals surface area (Å²) in [5, 5.41) is 22.1. The molecule has 5 atom stereocenters. The number of ether oxygens (including phenoxy) is 2. The Bertz CT molecular complexity index is 611. The van der Waals surface area contributed by atoms with Crippen molar-refractivity contribution in [1.29, 1.82) is 0 Å². The zero-order valence-electron chi connectivity index (χ0n) is 14.3. The maximum atomic E-state index is 12.2. The number of aliphatic hydroxyl groups excluding tert-OH is 2. The molecule has 0 spiro atoms. The first-order valence-electron chi connectivity index (χ1n) is 8.35. The zero-order valence-corrected chi connectivity index (χ0v) is 15.2. The molecular formula is C14H23N3O8P-.